The molecule has 3 fully saturated rings. The SMILES string of the molecule is CN=C(NCc1ccc(CS(C)(=O)=O)cc1)N1CC2C3CCC(O3)C2C1.I. The molecule has 8 heteroatoms. The van der Waals surface area contributed by atoms with Crippen LogP contribution in [-0.2, 0) is 26.9 Å². The van der Waals surface area contributed by atoms with E-state index in [-0.39, 0.29) is 29.7 Å². The number of aliphatic imine (C=N–C) groups is 1. The highest BCUT2D eigenvalue weighted by Gasteiger charge is 2.53. The summed E-state index contributed by atoms with van der Waals surface area (Å²) in [5, 5.41) is 3.45. The van der Waals surface area contributed by atoms with Crippen LogP contribution in [0, 0.1) is 11.8 Å². The molecule has 1 aromatic carbocycles. The summed E-state index contributed by atoms with van der Waals surface area (Å²) in [6, 6.07) is 7.73. The molecule has 3 saturated heterocycles. The maximum absolute atomic E-state index is 11.4. The van der Waals surface area contributed by atoms with E-state index in [1.165, 1.54) is 19.1 Å². The smallest absolute Gasteiger partial charge is 0.193 e. The van der Waals surface area contributed by atoms with Crippen molar-refractivity contribution in [1.82, 2.24) is 10.2 Å². The Morgan fingerprint density at radius 3 is 2.22 bits per heavy atom. The summed E-state index contributed by atoms with van der Waals surface area (Å²) >= 11 is 0. The lowest BCUT2D eigenvalue weighted by molar-refractivity contribution is 0.0767. The summed E-state index contributed by atoms with van der Waals surface area (Å²) in [6.07, 6.45) is 4.60. The molecule has 4 atom stereocenters. The van der Waals surface area contributed by atoms with Crippen LogP contribution >= 0.6 is 24.0 Å². The molecule has 2 bridgehead atoms. The minimum atomic E-state index is -2.99. The second kappa shape index (κ2) is 8.24. The molecule has 150 valence electrons. The van der Waals surface area contributed by atoms with Crippen LogP contribution in [0.25, 0.3) is 0 Å². The topological polar surface area (TPSA) is 71.0 Å². The van der Waals surface area contributed by atoms with Gasteiger partial charge >= 0.3 is 0 Å². The summed E-state index contributed by atoms with van der Waals surface area (Å²) in [4.78, 5) is 6.82. The molecule has 4 rings (SSSR count). The highest BCUT2D eigenvalue weighted by molar-refractivity contribution is 14.0. The first-order valence-corrected chi connectivity index (χ1v) is 11.4. The Morgan fingerprint density at radius 2 is 1.70 bits per heavy atom. The lowest BCUT2D eigenvalue weighted by Gasteiger charge is -2.23. The third-order valence-corrected chi connectivity index (χ3v) is 6.72. The van der Waals surface area contributed by atoms with Gasteiger partial charge in [0.2, 0.25) is 0 Å². The minimum absolute atomic E-state index is 0. The van der Waals surface area contributed by atoms with Crippen LogP contribution in [-0.4, -0.2) is 57.9 Å². The van der Waals surface area contributed by atoms with E-state index in [1.54, 1.807) is 0 Å². The molecule has 0 radical (unpaired) electrons. The molecule has 1 N–H and O–H groups in total. The summed E-state index contributed by atoms with van der Waals surface area (Å²) in [5.41, 5.74) is 1.94. The number of nitrogens with zero attached hydrogens (tertiary/aromatic N) is 2. The van der Waals surface area contributed by atoms with E-state index in [0.29, 0.717) is 30.6 Å². The van der Waals surface area contributed by atoms with Crippen molar-refractivity contribution in [2.75, 3.05) is 26.4 Å². The number of hydrogen-bond donors (Lipinski definition) is 1. The zero-order valence-electron chi connectivity index (χ0n) is 15.8. The number of hydrogen-bond acceptors (Lipinski definition) is 4. The molecule has 0 amide bonds. The standard InChI is InChI=1S/C19H27N3O3S.HI/c1-20-19(22-10-15-16(11-22)18-8-7-17(15)25-18)21-9-13-3-5-14(6-4-13)12-26(2,23)24;/h3-6,15-18H,7-12H2,1-2H3,(H,20,21);1H. The van der Waals surface area contributed by atoms with Crippen LogP contribution in [0.2, 0.25) is 0 Å². The lowest BCUT2D eigenvalue weighted by atomic mass is 9.82. The van der Waals surface area contributed by atoms with E-state index in [1.807, 2.05) is 31.3 Å². The molecule has 4 unspecified atom stereocenters. The van der Waals surface area contributed by atoms with Gasteiger partial charge in [-0.3, -0.25) is 4.99 Å². The van der Waals surface area contributed by atoms with Crippen molar-refractivity contribution in [2.45, 2.75) is 37.3 Å². The molecular weight excluding hydrogens is 477 g/mol. The second-order valence-corrected chi connectivity index (χ2v) is 9.95. The highest BCUT2D eigenvalue weighted by atomic mass is 127. The van der Waals surface area contributed by atoms with Crippen LogP contribution in [0.3, 0.4) is 0 Å². The summed E-state index contributed by atoms with van der Waals surface area (Å²) < 4.78 is 28.8. The predicted octanol–water partition coefficient (Wildman–Crippen LogP) is 2.03. The lowest BCUT2D eigenvalue weighted by Crippen LogP contribution is -2.40. The number of nitrogens with one attached hydrogen (secondary N) is 1. The van der Waals surface area contributed by atoms with Gasteiger partial charge in [0.1, 0.15) is 0 Å². The van der Waals surface area contributed by atoms with E-state index in [2.05, 4.69) is 15.2 Å². The van der Waals surface area contributed by atoms with Crippen molar-refractivity contribution >= 4 is 39.8 Å². The van der Waals surface area contributed by atoms with Crippen molar-refractivity contribution in [3.8, 4) is 0 Å². The second-order valence-electron chi connectivity index (χ2n) is 7.81. The van der Waals surface area contributed by atoms with Gasteiger partial charge in [0.25, 0.3) is 0 Å². The Balaban J connectivity index is 0.00000210. The Kier molecular flexibility index (Phi) is 6.37. The number of halogens is 1. The van der Waals surface area contributed by atoms with Crippen LogP contribution in [0.4, 0.5) is 0 Å². The first-order valence-electron chi connectivity index (χ1n) is 9.29. The number of fused-ring (bicyclic) bond motifs is 5. The minimum Gasteiger partial charge on any atom is -0.374 e. The predicted molar refractivity (Wildman–Crippen MR) is 117 cm³/mol. The van der Waals surface area contributed by atoms with Crippen molar-refractivity contribution < 1.29 is 13.2 Å². The molecule has 1 aromatic rings. The number of sulfone groups is 1. The molecule has 6 nitrogen and oxygen atoms in total. The van der Waals surface area contributed by atoms with Crippen LogP contribution in [0.5, 0.6) is 0 Å². The Morgan fingerprint density at radius 1 is 1.15 bits per heavy atom. The van der Waals surface area contributed by atoms with Gasteiger partial charge in [-0.2, -0.15) is 0 Å². The number of ether oxygens (including phenoxy) is 1. The molecule has 0 aromatic heterocycles. The molecular formula is C19H28IN3O3S. The molecule has 3 aliphatic heterocycles. The number of benzene rings is 1. The third-order valence-electron chi connectivity index (χ3n) is 5.87. The van der Waals surface area contributed by atoms with Gasteiger partial charge in [0, 0.05) is 44.8 Å². The van der Waals surface area contributed by atoms with Gasteiger partial charge in [0.15, 0.2) is 15.8 Å². The van der Waals surface area contributed by atoms with E-state index in [4.69, 9.17) is 4.74 Å². The monoisotopic (exact) mass is 505 g/mol. The summed E-state index contributed by atoms with van der Waals surface area (Å²) in [7, 11) is -1.16. The van der Waals surface area contributed by atoms with Crippen LogP contribution < -0.4 is 5.32 Å². The molecule has 3 aliphatic rings. The van der Waals surface area contributed by atoms with Gasteiger partial charge in [-0.25, -0.2) is 8.42 Å². The Labute approximate surface area is 178 Å². The normalized spacial score (nSPS) is 29.6. The fourth-order valence-electron chi connectivity index (χ4n) is 4.70. The third kappa shape index (κ3) is 4.59. The zero-order chi connectivity index (χ0) is 18.3. The van der Waals surface area contributed by atoms with Gasteiger partial charge in [-0.05, 0) is 24.0 Å². The van der Waals surface area contributed by atoms with E-state index < -0.39 is 9.84 Å². The van der Waals surface area contributed by atoms with E-state index in [0.717, 1.165) is 30.2 Å². The van der Waals surface area contributed by atoms with Crippen molar-refractivity contribution in [1.29, 1.82) is 0 Å². The molecule has 0 saturated carbocycles. The van der Waals surface area contributed by atoms with Crippen LogP contribution in [0.1, 0.15) is 24.0 Å². The van der Waals surface area contributed by atoms with E-state index in [9.17, 15) is 8.42 Å². The van der Waals surface area contributed by atoms with Crippen LogP contribution in [0.15, 0.2) is 29.3 Å². The number of likely N-dealkylation sites (tertiary alicyclic amines) is 1. The van der Waals surface area contributed by atoms with Crippen molar-refractivity contribution in [2.24, 2.45) is 16.8 Å². The summed E-state index contributed by atoms with van der Waals surface area (Å²) in [6.45, 7) is 2.73. The van der Waals surface area contributed by atoms with Gasteiger partial charge < -0.3 is 15.0 Å². The largest absolute Gasteiger partial charge is 0.374 e. The molecule has 0 aliphatic carbocycles. The van der Waals surface area contributed by atoms with E-state index >= 15 is 0 Å². The molecule has 27 heavy (non-hydrogen) atoms. The first-order chi connectivity index (χ1) is 12.4. The average molecular weight is 505 g/mol. The Hall–Kier alpha value is -0.870. The molecule has 0 spiro atoms. The summed E-state index contributed by atoms with van der Waals surface area (Å²) in [5.74, 6) is 2.34. The first kappa shape index (κ1) is 20.9. The highest BCUT2D eigenvalue weighted by Crippen LogP contribution is 2.47. The fraction of sp³-hybridized carbons (Fsp3) is 0.632. The fourth-order valence-corrected chi connectivity index (χ4v) is 5.50. The van der Waals surface area contributed by atoms with Gasteiger partial charge in [0.05, 0.1) is 18.0 Å². The van der Waals surface area contributed by atoms with Gasteiger partial charge in [-0.15, -0.1) is 24.0 Å². The van der Waals surface area contributed by atoms with Crippen molar-refractivity contribution in [3.63, 3.8) is 0 Å². The molecule has 3 heterocycles. The number of guanidine groups is 1. The van der Waals surface area contributed by atoms with Crippen molar-refractivity contribution in [3.05, 3.63) is 35.4 Å². The Bertz CT molecular complexity index is 779. The maximum Gasteiger partial charge on any atom is 0.193 e. The quantitative estimate of drug-likeness (QED) is 0.386. The number of rotatable bonds is 4. The average Bonchev–Trinajstić information content (AvgIpc) is 3.28. The zero-order valence-corrected chi connectivity index (χ0v) is 18.9. The van der Waals surface area contributed by atoms with Gasteiger partial charge in [-0.1, -0.05) is 24.3 Å². The maximum atomic E-state index is 11.4.